The SMILES string of the molecule is Cc1cc(C=CC=C(S(=O)(=O)C(F)(F)F)S(=O)(=O)C(F)(F)F)cc(C)c1N(C)C. The van der Waals surface area contributed by atoms with E-state index in [-0.39, 0.29) is 6.08 Å². The Kier molecular flexibility index (Phi) is 6.91. The number of hydrogen-bond acceptors (Lipinski definition) is 5. The van der Waals surface area contributed by atoms with Crippen molar-refractivity contribution in [3.05, 3.63) is 45.2 Å². The van der Waals surface area contributed by atoms with Gasteiger partial charge in [0.2, 0.25) is 0 Å². The third kappa shape index (κ3) is 5.13. The van der Waals surface area contributed by atoms with E-state index in [9.17, 15) is 43.2 Å². The first-order valence-electron chi connectivity index (χ1n) is 7.63. The second kappa shape index (κ2) is 8.01. The second-order valence-electron chi connectivity index (χ2n) is 6.14. The molecule has 0 spiro atoms. The van der Waals surface area contributed by atoms with Gasteiger partial charge in [-0.2, -0.15) is 26.3 Å². The third-order valence-electron chi connectivity index (χ3n) is 3.62. The molecule has 13 heteroatoms. The zero-order valence-corrected chi connectivity index (χ0v) is 17.2. The molecular formula is C16H17F6NO4S2. The number of sulfone groups is 2. The minimum absolute atomic E-state index is 0.226. The normalized spacial score (nSPS) is 13.6. The van der Waals surface area contributed by atoms with Gasteiger partial charge in [0.25, 0.3) is 19.7 Å². The van der Waals surface area contributed by atoms with Crippen molar-refractivity contribution in [2.24, 2.45) is 0 Å². The van der Waals surface area contributed by atoms with Gasteiger partial charge in [0.15, 0.2) is 4.24 Å². The molecule has 0 heterocycles. The molecule has 29 heavy (non-hydrogen) atoms. The van der Waals surface area contributed by atoms with E-state index in [2.05, 4.69) is 0 Å². The molecule has 0 aliphatic heterocycles. The molecule has 0 saturated heterocycles. The molecule has 0 saturated carbocycles. The number of rotatable bonds is 5. The summed E-state index contributed by atoms with van der Waals surface area (Å²) in [7, 11) is -10.0. The quantitative estimate of drug-likeness (QED) is 0.484. The average Bonchev–Trinajstić information content (AvgIpc) is 2.47. The Morgan fingerprint density at radius 1 is 0.862 bits per heavy atom. The van der Waals surface area contributed by atoms with Crippen LogP contribution in [0.25, 0.3) is 6.08 Å². The smallest absolute Gasteiger partial charge is 0.377 e. The van der Waals surface area contributed by atoms with Crippen molar-refractivity contribution < 1.29 is 43.2 Å². The third-order valence-corrected chi connectivity index (χ3v) is 7.49. The van der Waals surface area contributed by atoms with E-state index in [1.165, 1.54) is 0 Å². The second-order valence-corrected chi connectivity index (χ2v) is 10.2. The first-order chi connectivity index (χ1) is 12.8. The Balaban J connectivity index is 3.59. The molecule has 0 unspecified atom stereocenters. The molecule has 0 fully saturated rings. The molecule has 0 aromatic heterocycles. The predicted octanol–water partition coefficient (Wildman–Crippen LogP) is 4.09. The van der Waals surface area contributed by atoms with E-state index >= 15 is 0 Å². The average molecular weight is 465 g/mol. The number of halogens is 6. The van der Waals surface area contributed by atoms with Crippen molar-refractivity contribution >= 4 is 31.4 Å². The summed E-state index contributed by atoms with van der Waals surface area (Å²) >= 11 is 0. The van der Waals surface area contributed by atoms with Crippen LogP contribution in [0, 0.1) is 13.8 Å². The van der Waals surface area contributed by atoms with Crippen molar-refractivity contribution in [1.29, 1.82) is 0 Å². The van der Waals surface area contributed by atoms with Crippen LogP contribution in [0.15, 0.2) is 28.5 Å². The standard InChI is InChI=1S/C16H17F6NO4S2/c1-10-8-12(9-11(2)14(10)23(3)4)6-5-7-13(28(24,25)15(17,18)19)29(26,27)16(20,21)22/h5-9H,1-4H3. The number of alkyl halides is 6. The van der Waals surface area contributed by atoms with Gasteiger partial charge < -0.3 is 4.90 Å². The highest BCUT2D eigenvalue weighted by Crippen LogP contribution is 2.38. The van der Waals surface area contributed by atoms with Crippen LogP contribution in [-0.4, -0.2) is 41.9 Å². The lowest BCUT2D eigenvalue weighted by atomic mass is 10.0. The molecule has 1 rings (SSSR count). The summed E-state index contributed by atoms with van der Waals surface area (Å²) in [5.41, 5.74) is -9.86. The highest BCUT2D eigenvalue weighted by molar-refractivity contribution is 8.15. The van der Waals surface area contributed by atoms with Gasteiger partial charge in [-0.1, -0.05) is 12.2 Å². The summed E-state index contributed by atoms with van der Waals surface area (Å²) in [6.45, 7) is 3.42. The van der Waals surface area contributed by atoms with Gasteiger partial charge in [0.1, 0.15) is 0 Å². The lowest BCUT2D eigenvalue weighted by molar-refractivity contribution is -0.0444. The largest absolute Gasteiger partial charge is 0.502 e. The van der Waals surface area contributed by atoms with Crippen LogP contribution >= 0.6 is 0 Å². The van der Waals surface area contributed by atoms with Gasteiger partial charge >= 0.3 is 11.0 Å². The summed E-state index contributed by atoms with van der Waals surface area (Å²) in [6.07, 6.45) is 1.28. The fourth-order valence-corrected chi connectivity index (χ4v) is 5.27. The number of nitrogens with zero attached hydrogens (tertiary/aromatic N) is 1. The molecule has 0 atom stereocenters. The molecule has 0 aliphatic rings. The van der Waals surface area contributed by atoms with E-state index < -0.39 is 34.9 Å². The molecule has 0 N–H and O–H groups in total. The summed E-state index contributed by atoms with van der Waals surface area (Å²) in [4.78, 5) is 1.79. The van der Waals surface area contributed by atoms with Gasteiger partial charge in [-0.15, -0.1) is 0 Å². The number of hydrogen-bond donors (Lipinski definition) is 0. The minimum atomic E-state index is -6.77. The van der Waals surface area contributed by atoms with Crippen LogP contribution in [0.3, 0.4) is 0 Å². The first-order valence-corrected chi connectivity index (χ1v) is 10.6. The molecule has 1 aromatic carbocycles. The van der Waals surface area contributed by atoms with Gasteiger partial charge in [0, 0.05) is 19.8 Å². The molecule has 0 radical (unpaired) electrons. The molecule has 0 amide bonds. The van der Waals surface area contributed by atoms with Gasteiger partial charge in [-0.3, -0.25) is 0 Å². The minimum Gasteiger partial charge on any atom is -0.377 e. The number of allylic oxidation sites excluding steroid dienone is 2. The lowest BCUT2D eigenvalue weighted by Crippen LogP contribution is -2.34. The Morgan fingerprint density at radius 3 is 1.55 bits per heavy atom. The van der Waals surface area contributed by atoms with E-state index in [1.54, 1.807) is 45.0 Å². The molecule has 0 aliphatic carbocycles. The van der Waals surface area contributed by atoms with Crippen molar-refractivity contribution in [2.45, 2.75) is 24.9 Å². The Hall–Kier alpha value is -2.02. The Bertz CT molecular complexity index is 981. The molecular weight excluding hydrogens is 448 g/mol. The Labute approximate surface area is 164 Å². The van der Waals surface area contributed by atoms with Gasteiger partial charge in [-0.25, -0.2) is 16.8 Å². The van der Waals surface area contributed by atoms with Crippen molar-refractivity contribution in [3.8, 4) is 0 Å². The summed E-state index contributed by atoms with van der Waals surface area (Å²) in [5, 5.41) is 0. The highest BCUT2D eigenvalue weighted by atomic mass is 32.3. The summed E-state index contributed by atoms with van der Waals surface area (Å²) in [6, 6.07) is 3.09. The van der Waals surface area contributed by atoms with E-state index in [0.717, 1.165) is 22.9 Å². The topological polar surface area (TPSA) is 71.5 Å². The molecule has 1 aromatic rings. The van der Waals surface area contributed by atoms with E-state index in [0.29, 0.717) is 11.6 Å². The number of anilines is 1. The Morgan fingerprint density at radius 2 is 1.24 bits per heavy atom. The highest BCUT2D eigenvalue weighted by Gasteiger charge is 2.59. The van der Waals surface area contributed by atoms with Crippen LogP contribution in [-0.2, 0) is 19.7 Å². The van der Waals surface area contributed by atoms with Crippen LogP contribution in [0.2, 0.25) is 0 Å². The fourth-order valence-electron chi connectivity index (χ4n) is 2.58. The summed E-state index contributed by atoms with van der Waals surface area (Å²) < 4.78 is 119. The zero-order chi connectivity index (χ0) is 23.0. The monoisotopic (exact) mass is 465 g/mol. The molecule has 5 nitrogen and oxygen atoms in total. The zero-order valence-electron chi connectivity index (χ0n) is 15.6. The van der Waals surface area contributed by atoms with E-state index in [4.69, 9.17) is 0 Å². The van der Waals surface area contributed by atoms with E-state index in [1.807, 2.05) is 0 Å². The molecule has 164 valence electrons. The van der Waals surface area contributed by atoms with Crippen molar-refractivity contribution in [3.63, 3.8) is 0 Å². The maximum Gasteiger partial charge on any atom is 0.502 e. The van der Waals surface area contributed by atoms with Crippen LogP contribution < -0.4 is 4.90 Å². The van der Waals surface area contributed by atoms with Crippen molar-refractivity contribution in [1.82, 2.24) is 0 Å². The van der Waals surface area contributed by atoms with Gasteiger partial charge in [-0.05, 0) is 48.7 Å². The van der Waals surface area contributed by atoms with Crippen LogP contribution in [0.4, 0.5) is 32.0 Å². The number of benzene rings is 1. The van der Waals surface area contributed by atoms with Crippen LogP contribution in [0.5, 0.6) is 0 Å². The first kappa shape index (κ1) is 25.0. The lowest BCUT2D eigenvalue weighted by Gasteiger charge is -2.19. The fraction of sp³-hybridized carbons (Fsp3) is 0.375. The van der Waals surface area contributed by atoms with Crippen molar-refractivity contribution in [2.75, 3.05) is 19.0 Å². The predicted molar refractivity (Wildman–Crippen MR) is 97.3 cm³/mol. The maximum atomic E-state index is 12.7. The van der Waals surface area contributed by atoms with Crippen LogP contribution in [0.1, 0.15) is 16.7 Å². The maximum absolute atomic E-state index is 12.7. The number of aryl methyl sites for hydroxylation is 2. The molecule has 0 bridgehead atoms. The van der Waals surface area contributed by atoms with Gasteiger partial charge in [0.05, 0.1) is 0 Å². The summed E-state index contributed by atoms with van der Waals surface area (Å²) in [5.74, 6) is 0.